The molecule has 0 spiro atoms. The summed E-state index contributed by atoms with van der Waals surface area (Å²) in [7, 11) is 0. The molecule has 5 aromatic rings. The molecule has 6 nitrogen and oxygen atoms in total. The SMILES string of the molecule is CC[C@H](NC(=O)c1c(CN2CCC(O)(c3cccc(C(F)(F)F)c3)CC2)n(-c2ccccc2)c(=O)c2ccccc12)c1ccccc1. The highest BCUT2D eigenvalue weighted by atomic mass is 19.4. The van der Waals surface area contributed by atoms with Crippen LogP contribution in [0.2, 0.25) is 0 Å². The van der Waals surface area contributed by atoms with Gasteiger partial charge in [-0.2, -0.15) is 13.2 Å². The number of aliphatic hydroxyl groups is 1. The van der Waals surface area contributed by atoms with Crippen molar-refractivity contribution in [3.63, 3.8) is 0 Å². The molecular formula is C38H36F3N3O3. The predicted octanol–water partition coefficient (Wildman–Crippen LogP) is 7.37. The minimum atomic E-state index is -4.52. The van der Waals surface area contributed by atoms with Crippen molar-refractivity contribution in [3.8, 4) is 5.69 Å². The molecule has 1 aliphatic heterocycles. The van der Waals surface area contributed by atoms with E-state index in [1.54, 1.807) is 28.8 Å². The van der Waals surface area contributed by atoms with Crippen molar-refractivity contribution in [2.75, 3.05) is 13.1 Å². The Labute approximate surface area is 271 Å². The van der Waals surface area contributed by atoms with E-state index in [0.717, 1.165) is 17.7 Å². The number of rotatable bonds is 8. The van der Waals surface area contributed by atoms with Gasteiger partial charge in [-0.3, -0.25) is 19.1 Å². The number of benzene rings is 4. The van der Waals surface area contributed by atoms with Crippen LogP contribution in [-0.4, -0.2) is 33.6 Å². The topological polar surface area (TPSA) is 74.6 Å². The van der Waals surface area contributed by atoms with Gasteiger partial charge in [0, 0.05) is 36.1 Å². The Morgan fingerprint density at radius 2 is 1.49 bits per heavy atom. The molecule has 9 heteroatoms. The zero-order chi connectivity index (χ0) is 33.2. The Bertz CT molecular complexity index is 1930. The number of amides is 1. The summed E-state index contributed by atoms with van der Waals surface area (Å²) >= 11 is 0. The molecule has 6 rings (SSSR count). The number of pyridine rings is 1. The van der Waals surface area contributed by atoms with Crippen LogP contribution in [0.25, 0.3) is 16.5 Å². The number of nitrogens with one attached hydrogen (secondary N) is 1. The van der Waals surface area contributed by atoms with E-state index in [1.165, 1.54) is 12.1 Å². The molecule has 2 N–H and O–H groups in total. The van der Waals surface area contributed by atoms with Gasteiger partial charge >= 0.3 is 6.18 Å². The number of likely N-dealkylation sites (tertiary alicyclic amines) is 1. The van der Waals surface area contributed by atoms with E-state index >= 15 is 0 Å². The van der Waals surface area contributed by atoms with Crippen molar-refractivity contribution >= 4 is 16.7 Å². The highest BCUT2D eigenvalue weighted by molar-refractivity contribution is 6.08. The first-order valence-corrected chi connectivity index (χ1v) is 15.8. The van der Waals surface area contributed by atoms with Gasteiger partial charge in [0.1, 0.15) is 0 Å². The number of halogens is 3. The van der Waals surface area contributed by atoms with Crippen LogP contribution in [0, 0.1) is 0 Å². The minimum Gasteiger partial charge on any atom is -0.385 e. The summed E-state index contributed by atoms with van der Waals surface area (Å²) in [4.78, 5) is 30.6. The molecule has 1 aliphatic rings. The summed E-state index contributed by atoms with van der Waals surface area (Å²) in [5, 5.41) is 15.7. The fourth-order valence-electron chi connectivity index (χ4n) is 6.55. The van der Waals surface area contributed by atoms with Crippen molar-refractivity contribution in [3.05, 3.63) is 147 Å². The lowest BCUT2D eigenvalue weighted by Crippen LogP contribution is -2.43. The molecule has 1 aromatic heterocycles. The summed E-state index contributed by atoms with van der Waals surface area (Å²) in [6.07, 6.45) is -3.49. The lowest BCUT2D eigenvalue weighted by Gasteiger charge is -2.39. The van der Waals surface area contributed by atoms with Crippen molar-refractivity contribution in [1.82, 2.24) is 14.8 Å². The second-order valence-corrected chi connectivity index (χ2v) is 12.1. The number of carbonyl (C=O) groups excluding carboxylic acids is 1. The van der Waals surface area contributed by atoms with Gasteiger partial charge in [-0.25, -0.2) is 0 Å². The second kappa shape index (κ2) is 13.2. The van der Waals surface area contributed by atoms with Crippen molar-refractivity contribution in [2.24, 2.45) is 0 Å². The lowest BCUT2D eigenvalue weighted by atomic mass is 9.83. The first kappa shape index (κ1) is 32.2. The predicted molar refractivity (Wildman–Crippen MR) is 176 cm³/mol. The number of alkyl halides is 3. The molecule has 47 heavy (non-hydrogen) atoms. The van der Waals surface area contributed by atoms with Crippen LogP contribution in [0.3, 0.4) is 0 Å². The summed E-state index contributed by atoms with van der Waals surface area (Å²) < 4.78 is 41.9. The van der Waals surface area contributed by atoms with Crippen molar-refractivity contribution in [2.45, 2.75) is 50.6 Å². The molecule has 1 atom stereocenters. The quantitative estimate of drug-likeness (QED) is 0.186. The molecule has 1 saturated heterocycles. The van der Waals surface area contributed by atoms with E-state index < -0.39 is 17.3 Å². The minimum absolute atomic E-state index is 0.185. The van der Waals surface area contributed by atoms with Gasteiger partial charge in [0.15, 0.2) is 0 Å². The number of aromatic nitrogens is 1. The number of hydrogen-bond donors (Lipinski definition) is 2. The normalized spacial score (nSPS) is 15.8. The number of carbonyl (C=O) groups is 1. The van der Waals surface area contributed by atoms with Crippen LogP contribution in [0.4, 0.5) is 13.2 Å². The third kappa shape index (κ3) is 6.59. The number of para-hydroxylation sites is 1. The summed E-state index contributed by atoms with van der Waals surface area (Å²) in [6.45, 7) is 2.88. The van der Waals surface area contributed by atoms with Crippen LogP contribution in [0.15, 0.2) is 114 Å². The molecule has 2 heterocycles. The first-order chi connectivity index (χ1) is 22.6. The van der Waals surface area contributed by atoms with Gasteiger partial charge in [-0.15, -0.1) is 0 Å². The van der Waals surface area contributed by atoms with Crippen molar-refractivity contribution in [1.29, 1.82) is 0 Å². The first-order valence-electron chi connectivity index (χ1n) is 15.8. The van der Waals surface area contributed by atoms with Gasteiger partial charge in [0.05, 0.1) is 28.5 Å². The fourth-order valence-corrected chi connectivity index (χ4v) is 6.55. The maximum Gasteiger partial charge on any atom is 0.416 e. The van der Waals surface area contributed by atoms with Crippen molar-refractivity contribution < 1.29 is 23.1 Å². The number of fused-ring (bicyclic) bond motifs is 1. The maximum absolute atomic E-state index is 14.4. The molecule has 0 radical (unpaired) electrons. The van der Waals surface area contributed by atoms with Crippen LogP contribution in [-0.2, 0) is 18.3 Å². The Hall–Kier alpha value is -4.73. The average molecular weight is 640 g/mol. The van der Waals surface area contributed by atoms with E-state index in [4.69, 9.17) is 0 Å². The fraction of sp³-hybridized carbons (Fsp3) is 0.263. The zero-order valence-corrected chi connectivity index (χ0v) is 26.0. The zero-order valence-electron chi connectivity index (χ0n) is 26.0. The Kier molecular flexibility index (Phi) is 9.03. The van der Waals surface area contributed by atoms with E-state index in [2.05, 4.69) is 5.32 Å². The highest BCUT2D eigenvalue weighted by Crippen LogP contribution is 2.37. The Morgan fingerprint density at radius 3 is 2.13 bits per heavy atom. The van der Waals surface area contributed by atoms with E-state index in [0.29, 0.717) is 47.2 Å². The third-order valence-corrected chi connectivity index (χ3v) is 9.13. The molecular weight excluding hydrogens is 603 g/mol. The van der Waals surface area contributed by atoms with Crippen LogP contribution in [0.5, 0.6) is 0 Å². The van der Waals surface area contributed by atoms with Gasteiger partial charge in [0.25, 0.3) is 11.5 Å². The van der Waals surface area contributed by atoms with E-state index in [9.17, 15) is 27.9 Å². The van der Waals surface area contributed by atoms with Crippen LogP contribution in [0.1, 0.15) is 65.0 Å². The van der Waals surface area contributed by atoms with Gasteiger partial charge in [-0.05, 0) is 60.7 Å². The molecule has 1 fully saturated rings. The number of hydrogen-bond acceptors (Lipinski definition) is 4. The molecule has 0 unspecified atom stereocenters. The Morgan fingerprint density at radius 1 is 0.872 bits per heavy atom. The number of nitrogens with zero attached hydrogens (tertiary/aromatic N) is 2. The second-order valence-electron chi connectivity index (χ2n) is 12.1. The van der Waals surface area contributed by atoms with Gasteiger partial charge in [0.2, 0.25) is 0 Å². The van der Waals surface area contributed by atoms with Crippen LogP contribution < -0.4 is 10.9 Å². The lowest BCUT2D eigenvalue weighted by molar-refractivity contribution is -0.137. The van der Waals surface area contributed by atoms with E-state index in [1.807, 2.05) is 72.5 Å². The molecule has 0 saturated carbocycles. The maximum atomic E-state index is 14.4. The molecule has 0 bridgehead atoms. The van der Waals surface area contributed by atoms with Crippen LogP contribution >= 0.6 is 0 Å². The van der Waals surface area contributed by atoms with Gasteiger partial charge < -0.3 is 10.4 Å². The largest absolute Gasteiger partial charge is 0.416 e. The summed E-state index contributed by atoms with van der Waals surface area (Å²) in [5.41, 5.74) is 0.198. The molecule has 1 amide bonds. The monoisotopic (exact) mass is 639 g/mol. The molecule has 242 valence electrons. The summed E-state index contributed by atoms with van der Waals surface area (Å²) in [6, 6.07) is 30.6. The number of piperidine rings is 1. The molecule has 0 aliphatic carbocycles. The molecule has 4 aromatic carbocycles. The van der Waals surface area contributed by atoms with E-state index in [-0.39, 0.29) is 42.5 Å². The smallest absolute Gasteiger partial charge is 0.385 e. The standard InChI is InChI=1S/C38H36F3N3O3/c1-2-32(26-12-5-3-6-13-26)42-35(45)34-30-18-9-10-19-31(30)36(46)44(29-16-7-4-8-17-29)33(34)25-43-22-20-37(47,21-23-43)27-14-11-15-28(24-27)38(39,40)41/h3-19,24,32,47H,2,20-23,25H2,1H3,(H,42,45)/t32-/m0/s1. The third-order valence-electron chi connectivity index (χ3n) is 9.13. The van der Waals surface area contributed by atoms with Gasteiger partial charge in [-0.1, -0.05) is 85.8 Å². The Balaban J connectivity index is 1.40. The highest BCUT2D eigenvalue weighted by Gasteiger charge is 2.38. The summed E-state index contributed by atoms with van der Waals surface area (Å²) in [5.74, 6) is -0.311. The average Bonchev–Trinajstić information content (AvgIpc) is 3.09.